The summed E-state index contributed by atoms with van der Waals surface area (Å²) in [7, 11) is 0. The van der Waals surface area contributed by atoms with Crippen LogP contribution in [0.15, 0.2) is 63.3 Å². The van der Waals surface area contributed by atoms with Crippen LogP contribution in [0.25, 0.3) is 11.3 Å². The van der Waals surface area contributed by atoms with E-state index in [9.17, 15) is 4.79 Å². The summed E-state index contributed by atoms with van der Waals surface area (Å²) in [5.41, 5.74) is 6.91. The molecule has 2 aromatic carbocycles. The van der Waals surface area contributed by atoms with Gasteiger partial charge in [-0.2, -0.15) is 5.10 Å². The quantitative estimate of drug-likeness (QED) is 0.389. The molecule has 6 nitrogen and oxygen atoms in total. The molecule has 0 fully saturated rings. The van der Waals surface area contributed by atoms with Crippen LogP contribution in [-0.4, -0.2) is 23.4 Å². The van der Waals surface area contributed by atoms with Gasteiger partial charge in [0.05, 0.1) is 28.2 Å². The van der Waals surface area contributed by atoms with Gasteiger partial charge in [-0.05, 0) is 73.2 Å². The number of benzene rings is 2. The molecular weight excluding hydrogens is 452 g/mol. The Morgan fingerprint density at radius 2 is 1.97 bits per heavy atom. The maximum Gasteiger partial charge on any atom is 0.262 e. The topological polar surface area (TPSA) is 68.0 Å². The summed E-state index contributed by atoms with van der Waals surface area (Å²) < 4.78 is 7.37. The van der Waals surface area contributed by atoms with Gasteiger partial charge in [0.1, 0.15) is 5.75 Å². The summed E-state index contributed by atoms with van der Waals surface area (Å²) >= 11 is 3.18. The van der Waals surface area contributed by atoms with E-state index in [0.717, 1.165) is 32.2 Å². The average molecular weight is 475 g/mol. The Bertz CT molecular complexity index is 1460. The van der Waals surface area contributed by atoms with Crippen LogP contribution in [0.3, 0.4) is 0 Å². The fourth-order valence-corrected chi connectivity index (χ4v) is 5.15. The van der Waals surface area contributed by atoms with Crippen molar-refractivity contribution in [3.8, 4) is 17.0 Å². The summed E-state index contributed by atoms with van der Waals surface area (Å²) in [6.07, 6.45) is 1.88. The van der Waals surface area contributed by atoms with Crippen molar-refractivity contribution in [2.24, 2.45) is 10.1 Å². The minimum atomic E-state index is -0.158. The molecule has 0 saturated carbocycles. The van der Waals surface area contributed by atoms with Gasteiger partial charge in [-0.15, -0.1) is 22.7 Å². The lowest BCUT2D eigenvalue weighted by molar-refractivity contribution is -0.118. The lowest BCUT2D eigenvalue weighted by Gasteiger charge is -2.18. The first-order valence-electron chi connectivity index (χ1n) is 10.5. The van der Waals surface area contributed by atoms with Gasteiger partial charge in [-0.25, -0.2) is 9.67 Å². The smallest absolute Gasteiger partial charge is 0.262 e. The highest BCUT2D eigenvalue weighted by Gasteiger charge is 2.18. The van der Waals surface area contributed by atoms with Crippen molar-refractivity contribution in [1.29, 1.82) is 0 Å². The molecule has 0 unspecified atom stereocenters. The van der Waals surface area contributed by atoms with Gasteiger partial charge in [0.25, 0.3) is 5.91 Å². The van der Waals surface area contributed by atoms with Crippen molar-refractivity contribution >= 4 is 46.2 Å². The second kappa shape index (κ2) is 8.80. The zero-order valence-corrected chi connectivity index (χ0v) is 20.1. The monoisotopic (exact) mass is 474 g/mol. The van der Waals surface area contributed by atoms with Gasteiger partial charge >= 0.3 is 0 Å². The first-order valence-corrected chi connectivity index (χ1v) is 12.2. The predicted octanol–water partition coefficient (Wildman–Crippen LogP) is 5.65. The number of ether oxygens (including phenoxy) is 1. The predicted molar refractivity (Wildman–Crippen MR) is 135 cm³/mol. The van der Waals surface area contributed by atoms with Gasteiger partial charge < -0.3 is 10.1 Å². The number of fused-ring (bicyclic) bond motifs is 1. The third kappa shape index (κ3) is 4.27. The number of amides is 1. The average Bonchev–Trinajstić information content (AvgIpc) is 3.40. The summed E-state index contributed by atoms with van der Waals surface area (Å²) in [6.45, 7) is 6.28. The van der Waals surface area contributed by atoms with Gasteiger partial charge in [0.15, 0.2) is 6.61 Å². The van der Waals surface area contributed by atoms with E-state index in [1.165, 1.54) is 22.5 Å². The van der Waals surface area contributed by atoms with Crippen LogP contribution in [0.5, 0.6) is 5.75 Å². The molecule has 0 aliphatic carbocycles. The van der Waals surface area contributed by atoms with E-state index in [-0.39, 0.29) is 12.5 Å². The number of nitrogens with zero attached hydrogens (tertiary/aromatic N) is 3. The highest BCUT2D eigenvalue weighted by atomic mass is 32.1. The van der Waals surface area contributed by atoms with E-state index >= 15 is 0 Å². The second-order valence-corrected chi connectivity index (χ2v) is 9.59. The molecule has 1 aliphatic rings. The Kier molecular flexibility index (Phi) is 5.70. The number of thiophene rings is 1. The van der Waals surface area contributed by atoms with Crippen LogP contribution in [0.1, 0.15) is 21.6 Å². The molecule has 166 valence electrons. The molecule has 0 spiro atoms. The van der Waals surface area contributed by atoms with Crippen molar-refractivity contribution in [2.45, 2.75) is 20.8 Å². The molecule has 8 heteroatoms. The van der Waals surface area contributed by atoms with E-state index in [2.05, 4.69) is 43.6 Å². The first kappa shape index (κ1) is 21.4. The number of aromatic nitrogens is 1. The highest BCUT2D eigenvalue weighted by molar-refractivity contribution is 7.11. The third-order valence-electron chi connectivity index (χ3n) is 5.58. The molecule has 0 atom stereocenters. The summed E-state index contributed by atoms with van der Waals surface area (Å²) in [4.78, 5) is 18.6. The molecule has 4 aromatic rings. The van der Waals surface area contributed by atoms with Crippen LogP contribution in [0, 0.1) is 20.8 Å². The van der Waals surface area contributed by atoms with Crippen LogP contribution < -0.4 is 14.9 Å². The maximum absolute atomic E-state index is 11.8. The summed E-state index contributed by atoms with van der Waals surface area (Å²) in [5.74, 6) is 0.507. The van der Waals surface area contributed by atoms with Crippen molar-refractivity contribution in [3.05, 3.63) is 79.6 Å². The standard InChI is InChI=1S/C25H22N4O2S2/c1-15-5-4-6-19(17(15)3)28-25-29(26-12-23-16(2)9-10-32-23)21(14-33-25)18-7-8-22-20(11-18)27-24(30)13-31-22/h4-12,14H,13H2,1-3H3,(H,27,30). The number of anilines is 1. The zero-order chi connectivity index (χ0) is 22.9. The first-order chi connectivity index (χ1) is 16.0. The Hall–Kier alpha value is -3.49. The van der Waals surface area contributed by atoms with E-state index < -0.39 is 0 Å². The third-order valence-corrected chi connectivity index (χ3v) is 7.35. The number of thiazole rings is 1. The van der Waals surface area contributed by atoms with Gasteiger partial charge in [0.2, 0.25) is 4.80 Å². The Morgan fingerprint density at radius 3 is 2.79 bits per heavy atom. The molecule has 1 aliphatic heterocycles. The molecule has 1 amide bonds. The van der Waals surface area contributed by atoms with Gasteiger partial charge in [0, 0.05) is 10.9 Å². The zero-order valence-electron chi connectivity index (χ0n) is 18.5. The van der Waals surface area contributed by atoms with Crippen LogP contribution >= 0.6 is 22.7 Å². The van der Waals surface area contributed by atoms with Crippen molar-refractivity contribution in [2.75, 3.05) is 11.9 Å². The fourth-order valence-electron chi connectivity index (χ4n) is 3.52. The number of carbonyl (C=O) groups excluding carboxylic acids is 1. The lowest BCUT2D eigenvalue weighted by atomic mass is 10.1. The molecule has 33 heavy (non-hydrogen) atoms. The number of hydrogen-bond donors (Lipinski definition) is 1. The van der Waals surface area contributed by atoms with Crippen molar-refractivity contribution in [3.63, 3.8) is 0 Å². The van der Waals surface area contributed by atoms with Crippen molar-refractivity contribution in [1.82, 2.24) is 4.68 Å². The lowest BCUT2D eigenvalue weighted by Crippen LogP contribution is -2.25. The fraction of sp³-hybridized carbons (Fsp3) is 0.160. The maximum atomic E-state index is 11.8. The summed E-state index contributed by atoms with van der Waals surface area (Å²) in [6, 6.07) is 14.0. The van der Waals surface area contributed by atoms with E-state index in [1.54, 1.807) is 11.3 Å². The second-order valence-electron chi connectivity index (χ2n) is 7.81. The molecule has 0 saturated heterocycles. The SMILES string of the molecule is Cc1ccsc1C=Nn1c(-c2ccc3c(c2)NC(=O)CO3)csc1=Nc1cccc(C)c1C. The Balaban J connectivity index is 1.66. The highest BCUT2D eigenvalue weighted by Crippen LogP contribution is 2.33. The van der Waals surface area contributed by atoms with E-state index in [1.807, 2.05) is 46.6 Å². The number of carbonyl (C=O) groups is 1. The number of hydrogen-bond acceptors (Lipinski definition) is 6. The van der Waals surface area contributed by atoms with Crippen LogP contribution in [-0.2, 0) is 4.79 Å². The minimum absolute atomic E-state index is 0.0358. The number of rotatable bonds is 4. The van der Waals surface area contributed by atoms with Crippen LogP contribution in [0.4, 0.5) is 11.4 Å². The molecule has 2 aromatic heterocycles. The normalized spacial score (nSPS) is 13.8. The van der Waals surface area contributed by atoms with E-state index in [0.29, 0.717) is 11.4 Å². The molecule has 1 N–H and O–H groups in total. The van der Waals surface area contributed by atoms with E-state index in [4.69, 9.17) is 14.8 Å². The minimum Gasteiger partial charge on any atom is -0.482 e. The number of aryl methyl sites for hydroxylation is 2. The molecule has 5 rings (SSSR count). The van der Waals surface area contributed by atoms with Crippen LogP contribution in [0.2, 0.25) is 0 Å². The Labute approximate surface area is 199 Å². The van der Waals surface area contributed by atoms with Gasteiger partial charge in [-0.3, -0.25) is 4.79 Å². The molecule has 0 radical (unpaired) electrons. The molecule has 0 bridgehead atoms. The number of nitrogens with one attached hydrogen (secondary N) is 1. The Morgan fingerprint density at radius 1 is 1.09 bits per heavy atom. The largest absolute Gasteiger partial charge is 0.482 e. The van der Waals surface area contributed by atoms with Gasteiger partial charge in [-0.1, -0.05) is 12.1 Å². The molecular formula is C25H22N4O2S2. The van der Waals surface area contributed by atoms with Crippen molar-refractivity contribution < 1.29 is 9.53 Å². The molecule has 3 heterocycles. The summed E-state index contributed by atoms with van der Waals surface area (Å²) in [5, 5.41) is 11.8.